The molecule has 1 aliphatic rings. The minimum Gasteiger partial charge on any atom is -0.478 e. The van der Waals surface area contributed by atoms with Crippen molar-refractivity contribution >= 4 is 46.3 Å². The Balaban J connectivity index is 1.50. The number of carboxylic acid groups (broad SMARTS) is 1. The Morgan fingerprint density at radius 2 is 1.50 bits per heavy atom. The molecule has 6 rings (SSSR count). The molecule has 10 heteroatoms. The van der Waals surface area contributed by atoms with Crippen molar-refractivity contribution in [2.75, 3.05) is 7.05 Å². The number of hydrogen-bond acceptors (Lipinski definition) is 6. The summed E-state index contributed by atoms with van der Waals surface area (Å²) in [6, 6.07) is 34.1. The number of amidine groups is 1. The molecule has 1 aromatic heterocycles. The Kier molecular flexibility index (Phi) is 7.65. The van der Waals surface area contributed by atoms with Crippen LogP contribution < -0.4 is 0 Å². The lowest BCUT2D eigenvalue weighted by molar-refractivity contribution is -0.384. The summed E-state index contributed by atoms with van der Waals surface area (Å²) in [5.41, 5.74) is 5.68. The van der Waals surface area contributed by atoms with Gasteiger partial charge >= 0.3 is 5.97 Å². The SMILES string of the molecule is CN1C(=O)/C(=C/c2cc(-c3ccccc3)n(-c3ccc([N+](=O)[O-])cc3)c2-c2ccccc2)SC1=Nc1ccc(C(=O)O)cc1. The minimum absolute atomic E-state index is 0.00817. The topological polar surface area (TPSA) is 118 Å². The van der Waals surface area contributed by atoms with Crippen molar-refractivity contribution in [3.05, 3.63) is 141 Å². The average Bonchev–Trinajstić information content (AvgIpc) is 3.55. The highest BCUT2D eigenvalue weighted by Crippen LogP contribution is 2.40. The lowest BCUT2D eigenvalue weighted by Gasteiger charge is -2.15. The number of carbonyl (C=O) groups is 2. The number of thioether (sulfide) groups is 1. The number of aromatic carboxylic acids is 1. The Hall–Kier alpha value is -5.74. The molecule has 44 heavy (non-hydrogen) atoms. The van der Waals surface area contributed by atoms with Crippen molar-refractivity contribution in [2.45, 2.75) is 0 Å². The van der Waals surface area contributed by atoms with Crippen molar-refractivity contribution in [3.63, 3.8) is 0 Å². The van der Waals surface area contributed by atoms with Crippen LogP contribution in [0.2, 0.25) is 0 Å². The van der Waals surface area contributed by atoms with Crippen molar-refractivity contribution < 1.29 is 19.6 Å². The molecule has 1 saturated heterocycles. The Morgan fingerprint density at radius 1 is 0.886 bits per heavy atom. The number of nitrogens with zero attached hydrogens (tertiary/aromatic N) is 4. The number of aliphatic imine (C=N–C) groups is 1. The van der Waals surface area contributed by atoms with E-state index >= 15 is 0 Å². The normalized spacial score (nSPS) is 14.8. The first-order valence-electron chi connectivity index (χ1n) is 13.5. The lowest BCUT2D eigenvalue weighted by atomic mass is 10.1. The molecular formula is C34H24N4O5S. The number of non-ortho nitro benzene ring substituents is 1. The molecule has 9 nitrogen and oxygen atoms in total. The van der Waals surface area contributed by atoms with Crippen LogP contribution in [0, 0.1) is 10.1 Å². The van der Waals surface area contributed by atoms with Gasteiger partial charge in [-0.1, -0.05) is 60.7 Å². The summed E-state index contributed by atoms with van der Waals surface area (Å²) in [5.74, 6) is -1.25. The smallest absolute Gasteiger partial charge is 0.335 e. The molecule has 0 spiro atoms. The molecule has 216 valence electrons. The van der Waals surface area contributed by atoms with Gasteiger partial charge in [0, 0.05) is 30.4 Å². The van der Waals surface area contributed by atoms with Crippen LogP contribution in [0.15, 0.2) is 125 Å². The van der Waals surface area contributed by atoms with Gasteiger partial charge in [0.1, 0.15) is 0 Å². The maximum absolute atomic E-state index is 13.4. The number of hydrogen-bond donors (Lipinski definition) is 1. The number of carboxylic acids is 1. The third kappa shape index (κ3) is 5.53. The first-order valence-corrected chi connectivity index (χ1v) is 14.3. The summed E-state index contributed by atoms with van der Waals surface area (Å²) >= 11 is 1.23. The molecule has 0 bridgehead atoms. The zero-order valence-electron chi connectivity index (χ0n) is 23.3. The second-order valence-corrected chi connectivity index (χ2v) is 10.9. The summed E-state index contributed by atoms with van der Waals surface area (Å²) in [5, 5.41) is 21.0. The lowest BCUT2D eigenvalue weighted by Crippen LogP contribution is -2.23. The number of benzene rings is 4. The highest BCUT2D eigenvalue weighted by molar-refractivity contribution is 8.18. The zero-order chi connectivity index (χ0) is 30.8. The van der Waals surface area contributed by atoms with Gasteiger partial charge in [0.25, 0.3) is 11.6 Å². The molecule has 0 radical (unpaired) electrons. The van der Waals surface area contributed by atoms with Gasteiger partial charge in [-0.05, 0) is 71.4 Å². The number of rotatable bonds is 7. The minimum atomic E-state index is -1.03. The van der Waals surface area contributed by atoms with Gasteiger partial charge in [-0.25, -0.2) is 9.79 Å². The van der Waals surface area contributed by atoms with Crippen molar-refractivity contribution in [1.82, 2.24) is 9.47 Å². The summed E-state index contributed by atoms with van der Waals surface area (Å²) in [6.07, 6.45) is 1.84. The molecule has 1 fully saturated rings. The first-order chi connectivity index (χ1) is 21.3. The molecule has 0 atom stereocenters. The average molecular weight is 601 g/mol. The molecule has 2 heterocycles. The van der Waals surface area contributed by atoms with E-state index in [1.165, 1.54) is 40.9 Å². The van der Waals surface area contributed by atoms with Gasteiger partial charge < -0.3 is 9.67 Å². The van der Waals surface area contributed by atoms with Crippen molar-refractivity contribution in [1.29, 1.82) is 0 Å². The maximum Gasteiger partial charge on any atom is 0.335 e. The van der Waals surface area contributed by atoms with E-state index < -0.39 is 10.9 Å². The molecule has 1 amide bonds. The summed E-state index contributed by atoms with van der Waals surface area (Å²) in [6.45, 7) is 0. The summed E-state index contributed by atoms with van der Waals surface area (Å²) < 4.78 is 2.05. The largest absolute Gasteiger partial charge is 0.478 e. The van der Waals surface area contributed by atoms with Gasteiger partial charge in [0.2, 0.25) is 0 Å². The van der Waals surface area contributed by atoms with Gasteiger partial charge in [-0.15, -0.1) is 0 Å². The van der Waals surface area contributed by atoms with E-state index in [1.54, 1.807) is 31.3 Å². The third-order valence-corrected chi connectivity index (χ3v) is 8.15. The number of nitro groups is 1. The van der Waals surface area contributed by atoms with E-state index in [2.05, 4.69) is 4.99 Å². The van der Waals surface area contributed by atoms with E-state index in [4.69, 9.17) is 0 Å². The van der Waals surface area contributed by atoms with Gasteiger partial charge in [-0.3, -0.25) is 19.8 Å². The van der Waals surface area contributed by atoms with Crippen molar-refractivity contribution in [2.24, 2.45) is 4.99 Å². The van der Waals surface area contributed by atoms with Crippen LogP contribution in [0.1, 0.15) is 15.9 Å². The predicted octanol–water partition coefficient (Wildman–Crippen LogP) is 7.65. The second kappa shape index (κ2) is 11.9. The van der Waals surface area contributed by atoms with Crippen LogP contribution in [-0.4, -0.2) is 43.6 Å². The van der Waals surface area contributed by atoms with Crippen LogP contribution >= 0.6 is 11.8 Å². The second-order valence-electron chi connectivity index (χ2n) is 9.90. The van der Waals surface area contributed by atoms with E-state index in [9.17, 15) is 24.8 Å². The highest BCUT2D eigenvalue weighted by atomic mass is 32.2. The number of amides is 1. The number of carbonyl (C=O) groups excluding carboxylic acids is 1. The Labute approximate surface area is 256 Å². The van der Waals surface area contributed by atoms with E-state index in [0.29, 0.717) is 15.8 Å². The third-order valence-electron chi connectivity index (χ3n) is 7.09. The molecular weight excluding hydrogens is 576 g/mol. The fraction of sp³-hybridized carbons (Fsp3) is 0.0294. The van der Waals surface area contributed by atoms with Crippen LogP contribution in [0.25, 0.3) is 34.3 Å². The van der Waals surface area contributed by atoms with Gasteiger partial charge in [0.15, 0.2) is 5.17 Å². The standard InChI is InChI=1S/C34H24N4O5S/c1-36-32(39)30(44-34(36)35-26-14-12-24(13-15-26)33(40)41)21-25-20-29(22-8-4-2-5-9-22)37(31(25)23-10-6-3-7-11-23)27-16-18-28(19-17-27)38(42)43/h2-21H,1H3,(H,40,41)/b30-21-,35-34?. The molecule has 0 saturated carbocycles. The van der Waals surface area contributed by atoms with Crippen molar-refractivity contribution in [3.8, 4) is 28.2 Å². The predicted molar refractivity (Wildman–Crippen MR) is 172 cm³/mol. The monoisotopic (exact) mass is 600 g/mol. The molecule has 4 aromatic carbocycles. The highest BCUT2D eigenvalue weighted by Gasteiger charge is 2.31. The number of aromatic nitrogens is 1. The first kappa shape index (κ1) is 28.4. The van der Waals surface area contributed by atoms with E-state index in [-0.39, 0.29) is 17.2 Å². The fourth-order valence-electron chi connectivity index (χ4n) is 4.93. The molecule has 0 aliphatic carbocycles. The fourth-order valence-corrected chi connectivity index (χ4v) is 5.90. The maximum atomic E-state index is 13.4. The van der Waals surface area contributed by atoms with Crippen LogP contribution in [0.3, 0.4) is 0 Å². The molecule has 0 unspecified atom stereocenters. The number of nitro benzene ring substituents is 1. The van der Waals surface area contributed by atoms with Crippen LogP contribution in [0.4, 0.5) is 11.4 Å². The van der Waals surface area contributed by atoms with Gasteiger partial charge in [-0.2, -0.15) is 0 Å². The molecule has 5 aromatic rings. The van der Waals surface area contributed by atoms with E-state index in [1.807, 2.05) is 77.4 Å². The molecule has 1 aliphatic heterocycles. The number of likely N-dealkylation sites (N-methyl/N-ethyl adjacent to an activating group) is 1. The summed E-state index contributed by atoms with van der Waals surface area (Å²) in [4.78, 5) is 42.1. The van der Waals surface area contributed by atoms with Crippen LogP contribution in [-0.2, 0) is 4.79 Å². The molecule has 1 N–H and O–H groups in total. The zero-order valence-corrected chi connectivity index (χ0v) is 24.1. The van der Waals surface area contributed by atoms with Crippen LogP contribution in [0.5, 0.6) is 0 Å². The van der Waals surface area contributed by atoms with Gasteiger partial charge in [0.05, 0.1) is 32.5 Å². The summed E-state index contributed by atoms with van der Waals surface area (Å²) in [7, 11) is 1.65. The Bertz CT molecular complexity index is 1950. The van der Waals surface area contributed by atoms with E-state index in [0.717, 1.165) is 33.8 Å². The quantitative estimate of drug-likeness (QED) is 0.116. The Morgan fingerprint density at radius 3 is 2.09 bits per heavy atom.